The zero-order valence-corrected chi connectivity index (χ0v) is 13.2. The molecule has 0 bridgehead atoms. The van der Waals surface area contributed by atoms with E-state index >= 15 is 0 Å². The Morgan fingerprint density at radius 1 is 1.24 bits per heavy atom. The lowest BCUT2D eigenvalue weighted by Crippen LogP contribution is -2.67. The Kier molecular flexibility index (Phi) is 4.83. The number of ketones is 1. The lowest BCUT2D eigenvalue weighted by Gasteiger charge is -2.53. The zero-order valence-electron chi connectivity index (χ0n) is 13.2. The molecule has 0 heterocycles. The van der Waals surface area contributed by atoms with Crippen molar-refractivity contribution in [1.82, 2.24) is 0 Å². The summed E-state index contributed by atoms with van der Waals surface area (Å²) in [7, 11) is 1.29. The molecule has 120 valence electrons. The highest BCUT2D eigenvalue weighted by Gasteiger charge is 2.66. The Bertz CT molecular complexity index is 457. The summed E-state index contributed by atoms with van der Waals surface area (Å²) >= 11 is 0. The number of methoxy groups -OCH3 is 1. The molecule has 0 aromatic carbocycles. The number of rotatable bonds is 5. The monoisotopic (exact) mass is 300 g/mol. The van der Waals surface area contributed by atoms with Crippen LogP contribution in [0.3, 0.4) is 0 Å². The second-order valence-electron chi connectivity index (χ2n) is 6.37. The fourth-order valence-electron chi connectivity index (χ4n) is 3.71. The van der Waals surface area contributed by atoms with E-state index in [-0.39, 0.29) is 18.6 Å². The first kappa shape index (κ1) is 17.6. The molecule has 4 atom stereocenters. The molecule has 1 aliphatic carbocycles. The molecular formula is C15H24O6. The minimum absolute atomic E-state index is 0.0932. The molecule has 1 rings (SSSR count). The highest BCUT2D eigenvalue weighted by molar-refractivity contribution is 5.96. The van der Waals surface area contributed by atoms with Crippen LogP contribution in [0.2, 0.25) is 0 Å². The third-order valence-corrected chi connectivity index (χ3v) is 5.02. The normalized spacial score (nSPS) is 36.5. The molecule has 0 aliphatic heterocycles. The summed E-state index contributed by atoms with van der Waals surface area (Å²) in [5.74, 6) is -4.46. The van der Waals surface area contributed by atoms with Crippen molar-refractivity contribution in [2.75, 3.05) is 7.11 Å². The van der Waals surface area contributed by atoms with Gasteiger partial charge in [-0.2, -0.15) is 0 Å². The van der Waals surface area contributed by atoms with Gasteiger partial charge in [-0.3, -0.25) is 14.4 Å². The summed E-state index contributed by atoms with van der Waals surface area (Å²) in [5.41, 5.74) is -3.07. The van der Waals surface area contributed by atoms with E-state index in [2.05, 4.69) is 0 Å². The quantitative estimate of drug-likeness (QED) is 0.803. The maximum Gasteiger partial charge on any atom is 0.312 e. The number of carboxylic acid groups (broad SMARTS) is 2. The summed E-state index contributed by atoms with van der Waals surface area (Å²) in [4.78, 5) is 36.0. The summed E-state index contributed by atoms with van der Waals surface area (Å²) in [5, 5.41) is 19.0. The molecule has 0 aromatic heterocycles. The van der Waals surface area contributed by atoms with Crippen LogP contribution in [0, 0.1) is 23.2 Å². The summed E-state index contributed by atoms with van der Waals surface area (Å²) in [6.07, 6.45) is 0.311. The van der Waals surface area contributed by atoms with Gasteiger partial charge in [0.15, 0.2) is 5.78 Å². The van der Waals surface area contributed by atoms with Gasteiger partial charge in [0.2, 0.25) is 0 Å². The number of carbonyl (C=O) groups excluding carboxylic acids is 1. The molecule has 0 radical (unpaired) electrons. The number of hydrogen-bond donors (Lipinski definition) is 2. The number of hydrogen-bond acceptors (Lipinski definition) is 4. The summed E-state index contributed by atoms with van der Waals surface area (Å²) in [6, 6.07) is 0. The van der Waals surface area contributed by atoms with Gasteiger partial charge < -0.3 is 14.9 Å². The van der Waals surface area contributed by atoms with Crippen LogP contribution in [0.4, 0.5) is 0 Å². The standard InChI is InChI=1S/C15H24O6/c1-8(2)11(16)15(21-5)9(3)10(12(17)18)6-7-14(15,4)13(19)20/h8-10H,6-7H2,1-5H3,(H,17,18)(H,19,20). The van der Waals surface area contributed by atoms with Crippen LogP contribution >= 0.6 is 0 Å². The Labute approximate surface area is 124 Å². The van der Waals surface area contributed by atoms with Crippen molar-refractivity contribution >= 4 is 17.7 Å². The maximum atomic E-state index is 12.8. The number of carboxylic acids is 2. The molecule has 21 heavy (non-hydrogen) atoms. The SMILES string of the molecule is COC1(C(=O)C(C)C)C(C)C(C(=O)O)CCC1(C)C(=O)O. The lowest BCUT2D eigenvalue weighted by atomic mass is 9.53. The molecule has 1 fully saturated rings. The van der Waals surface area contributed by atoms with E-state index in [0.717, 1.165) is 0 Å². The molecule has 0 aromatic rings. The van der Waals surface area contributed by atoms with Gasteiger partial charge in [-0.05, 0) is 19.8 Å². The second kappa shape index (κ2) is 5.75. The number of aliphatic carboxylic acids is 2. The number of ether oxygens (including phenoxy) is 1. The number of carbonyl (C=O) groups is 3. The van der Waals surface area contributed by atoms with Gasteiger partial charge in [0.05, 0.1) is 5.92 Å². The van der Waals surface area contributed by atoms with Crippen molar-refractivity contribution in [2.45, 2.75) is 46.1 Å². The third-order valence-electron chi connectivity index (χ3n) is 5.02. The van der Waals surface area contributed by atoms with E-state index in [1.54, 1.807) is 20.8 Å². The first-order chi connectivity index (χ1) is 9.56. The van der Waals surface area contributed by atoms with Gasteiger partial charge >= 0.3 is 11.9 Å². The van der Waals surface area contributed by atoms with Crippen LogP contribution in [0.25, 0.3) is 0 Å². The topological polar surface area (TPSA) is 101 Å². The minimum Gasteiger partial charge on any atom is -0.481 e. The Morgan fingerprint density at radius 2 is 1.76 bits per heavy atom. The molecule has 6 nitrogen and oxygen atoms in total. The first-order valence-corrected chi connectivity index (χ1v) is 7.12. The molecule has 0 amide bonds. The van der Waals surface area contributed by atoms with Crippen molar-refractivity contribution in [1.29, 1.82) is 0 Å². The molecule has 4 unspecified atom stereocenters. The van der Waals surface area contributed by atoms with E-state index in [4.69, 9.17) is 4.74 Å². The van der Waals surface area contributed by atoms with Crippen molar-refractivity contribution in [2.24, 2.45) is 23.2 Å². The molecule has 1 aliphatic rings. The summed E-state index contributed by atoms with van der Waals surface area (Å²) < 4.78 is 5.48. The molecule has 2 N–H and O–H groups in total. The van der Waals surface area contributed by atoms with E-state index in [1.807, 2.05) is 0 Å². The van der Waals surface area contributed by atoms with E-state index in [1.165, 1.54) is 14.0 Å². The fourth-order valence-corrected chi connectivity index (χ4v) is 3.71. The highest BCUT2D eigenvalue weighted by atomic mass is 16.5. The van der Waals surface area contributed by atoms with Crippen LogP contribution in [0.1, 0.15) is 40.5 Å². The molecule has 6 heteroatoms. The van der Waals surface area contributed by atoms with Gasteiger partial charge in [-0.1, -0.05) is 20.8 Å². The number of Topliss-reactive ketones (excluding diaryl/α,β-unsaturated/α-hetero) is 1. The Morgan fingerprint density at radius 3 is 2.10 bits per heavy atom. The van der Waals surface area contributed by atoms with Crippen molar-refractivity contribution in [3.05, 3.63) is 0 Å². The van der Waals surface area contributed by atoms with Crippen LogP contribution in [0.15, 0.2) is 0 Å². The predicted octanol–water partition coefficient (Wildman–Crippen LogP) is 1.82. The van der Waals surface area contributed by atoms with Crippen molar-refractivity contribution < 1.29 is 29.3 Å². The second-order valence-corrected chi connectivity index (χ2v) is 6.37. The first-order valence-electron chi connectivity index (χ1n) is 7.12. The summed E-state index contributed by atoms with van der Waals surface area (Å²) in [6.45, 7) is 6.42. The van der Waals surface area contributed by atoms with Gasteiger partial charge in [-0.25, -0.2) is 0 Å². The lowest BCUT2D eigenvalue weighted by molar-refractivity contribution is -0.209. The maximum absolute atomic E-state index is 12.8. The highest BCUT2D eigenvalue weighted by Crippen LogP contribution is 2.53. The van der Waals surface area contributed by atoms with E-state index in [0.29, 0.717) is 0 Å². The van der Waals surface area contributed by atoms with Crippen molar-refractivity contribution in [3.63, 3.8) is 0 Å². The van der Waals surface area contributed by atoms with E-state index < -0.39 is 40.7 Å². The average Bonchev–Trinajstić information content (AvgIpc) is 2.38. The van der Waals surface area contributed by atoms with Crippen LogP contribution in [-0.2, 0) is 19.1 Å². The molecule has 0 spiro atoms. The van der Waals surface area contributed by atoms with E-state index in [9.17, 15) is 24.6 Å². The molecule has 0 saturated heterocycles. The van der Waals surface area contributed by atoms with Gasteiger partial charge in [0.1, 0.15) is 11.0 Å². The van der Waals surface area contributed by atoms with Gasteiger partial charge in [0, 0.05) is 18.9 Å². The largest absolute Gasteiger partial charge is 0.481 e. The minimum atomic E-state index is -1.63. The smallest absolute Gasteiger partial charge is 0.312 e. The van der Waals surface area contributed by atoms with Gasteiger partial charge in [0.25, 0.3) is 0 Å². The Balaban J connectivity index is 3.54. The fraction of sp³-hybridized carbons (Fsp3) is 0.800. The van der Waals surface area contributed by atoms with Crippen molar-refractivity contribution in [3.8, 4) is 0 Å². The zero-order chi connectivity index (χ0) is 16.6. The average molecular weight is 300 g/mol. The van der Waals surface area contributed by atoms with Gasteiger partial charge in [-0.15, -0.1) is 0 Å². The molecule has 1 saturated carbocycles. The Hall–Kier alpha value is -1.43. The van der Waals surface area contributed by atoms with Crippen LogP contribution in [-0.4, -0.2) is 40.6 Å². The van der Waals surface area contributed by atoms with Crippen LogP contribution < -0.4 is 0 Å². The third kappa shape index (κ3) is 2.35. The van der Waals surface area contributed by atoms with Crippen LogP contribution in [0.5, 0.6) is 0 Å². The molecular weight excluding hydrogens is 276 g/mol. The predicted molar refractivity (Wildman–Crippen MR) is 74.9 cm³/mol.